The van der Waals surface area contributed by atoms with Crippen molar-refractivity contribution in [3.05, 3.63) is 0 Å². The van der Waals surface area contributed by atoms with Crippen molar-refractivity contribution < 1.29 is 14.3 Å². The molecule has 0 amide bonds. The van der Waals surface area contributed by atoms with Crippen molar-refractivity contribution in [1.29, 1.82) is 0 Å². The number of carbonyl (C=O) groups excluding carboxylic acids is 1. The Hall–Kier alpha value is -0.730. The van der Waals surface area contributed by atoms with Gasteiger partial charge in [0.15, 0.2) is 0 Å². The fourth-order valence-electron chi connectivity index (χ4n) is 1.39. The second-order valence-corrected chi connectivity index (χ2v) is 3.34. The quantitative estimate of drug-likeness (QED) is 0.529. The highest BCUT2D eigenvalue weighted by Crippen LogP contribution is 2.31. The van der Waals surface area contributed by atoms with Crippen LogP contribution in [0.3, 0.4) is 0 Å². The van der Waals surface area contributed by atoms with Crippen LogP contribution in [0.2, 0.25) is 0 Å². The highest BCUT2D eigenvalue weighted by molar-refractivity contribution is 5.59. The van der Waals surface area contributed by atoms with E-state index < -0.39 is 6.16 Å². The molecule has 1 aliphatic carbocycles. The van der Waals surface area contributed by atoms with Crippen LogP contribution in [-0.2, 0) is 9.47 Å². The van der Waals surface area contributed by atoms with Crippen molar-refractivity contribution in [2.45, 2.75) is 26.7 Å². The Morgan fingerprint density at radius 1 is 1.08 bits per heavy atom. The molecule has 12 heavy (non-hydrogen) atoms. The molecule has 0 heterocycles. The molecule has 1 fully saturated rings. The van der Waals surface area contributed by atoms with Crippen LogP contribution in [0.15, 0.2) is 0 Å². The minimum atomic E-state index is -0.657. The maximum absolute atomic E-state index is 9.74. The normalized spacial score (nSPS) is 26.0. The van der Waals surface area contributed by atoms with Gasteiger partial charge in [0, 0.05) is 0 Å². The van der Waals surface area contributed by atoms with Crippen molar-refractivity contribution in [2.75, 3.05) is 14.2 Å². The van der Waals surface area contributed by atoms with Gasteiger partial charge in [-0.2, -0.15) is 0 Å². The average molecular weight is 174 g/mol. The van der Waals surface area contributed by atoms with Gasteiger partial charge in [-0.15, -0.1) is 0 Å². The van der Waals surface area contributed by atoms with E-state index in [-0.39, 0.29) is 0 Å². The molecule has 0 bridgehead atoms. The lowest BCUT2D eigenvalue weighted by Crippen LogP contribution is -2.16. The molecule has 0 aromatic carbocycles. The third-order valence-electron chi connectivity index (χ3n) is 1.94. The molecule has 0 atom stereocenters. The van der Waals surface area contributed by atoms with Gasteiger partial charge in [-0.25, -0.2) is 4.79 Å². The van der Waals surface area contributed by atoms with Crippen molar-refractivity contribution in [3.63, 3.8) is 0 Å². The Bertz CT molecular complexity index is 116. The Labute approximate surface area is 74.0 Å². The van der Waals surface area contributed by atoms with E-state index in [4.69, 9.17) is 0 Å². The first-order chi connectivity index (χ1) is 5.60. The zero-order chi connectivity index (χ0) is 9.56. The first-order valence-electron chi connectivity index (χ1n) is 4.22. The summed E-state index contributed by atoms with van der Waals surface area (Å²) in [6.45, 7) is 4.64. The fourth-order valence-corrected chi connectivity index (χ4v) is 1.39. The second-order valence-electron chi connectivity index (χ2n) is 3.34. The lowest BCUT2D eigenvalue weighted by Gasteiger charge is -2.28. The number of hydrogen-bond donors (Lipinski definition) is 0. The second kappa shape index (κ2) is 5.86. The van der Waals surface area contributed by atoms with Crippen LogP contribution in [0.1, 0.15) is 26.7 Å². The standard InChI is InChI=1S/C6H12.C3H6O3/c1-5-3-6(2)4-5;1-5-3(4)6-2/h5-6H,3-4H2,1-2H3;1-2H3. The molecule has 0 spiro atoms. The molecule has 3 heteroatoms. The van der Waals surface area contributed by atoms with Crippen molar-refractivity contribution >= 4 is 6.16 Å². The van der Waals surface area contributed by atoms with E-state index in [2.05, 4.69) is 23.3 Å². The van der Waals surface area contributed by atoms with Gasteiger partial charge in [-0.05, 0) is 24.7 Å². The summed E-state index contributed by atoms with van der Waals surface area (Å²) in [6, 6.07) is 0. The van der Waals surface area contributed by atoms with Gasteiger partial charge in [0.2, 0.25) is 0 Å². The molecule has 1 saturated carbocycles. The van der Waals surface area contributed by atoms with Crippen molar-refractivity contribution in [1.82, 2.24) is 0 Å². The van der Waals surface area contributed by atoms with E-state index in [9.17, 15) is 4.79 Å². The first-order valence-corrected chi connectivity index (χ1v) is 4.22. The van der Waals surface area contributed by atoms with Crippen LogP contribution in [-0.4, -0.2) is 20.4 Å². The molecule has 0 saturated heterocycles. The highest BCUT2D eigenvalue weighted by atomic mass is 16.7. The number of methoxy groups -OCH3 is 2. The summed E-state index contributed by atoms with van der Waals surface area (Å²) < 4.78 is 8.08. The largest absolute Gasteiger partial charge is 0.507 e. The molecule has 0 N–H and O–H groups in total. The number of carbonyl (C=O) groups is 1. The summed E-state index contributed by atoms with van der Waals surface area (Å²) in [6.07, 6.45) is 2.29. The predicted octanol–water partition coefficient (Wildman–Crippen LogP) is 2.45. The van der Waals surface area contributed by atoms with Gasteiger partial charge >= 0.3 is 6.16 Å². The molecule has 3 nitrogen and oxygen atoms in total. The van der Waals surface area contributed by atoms with Gasteiger partial charge in [-0.3, -0.25) is 0 Å². The van der Waals surface area contributed by atoms with Crippen LogP contribution in [0.25, 0.3) is 0 Å². The van der Waals surface area contributed by atoms with Crippen LogP contribution in [0, 0.1) is 11.8 Å². The zero-order valence-corrected chi connectivity index (χ0v) is 8.29. The third-order valence-corrected chi connectivity index (χ3v) is 1.94. The molecule has 0 aromatic heterocycles. The molecule has 1 aliphatic rings. The summed E-state index contributed by atoms with van der Waals surface area (Å²) in [5, 5.41) is 0. The molecular formula is C9H18O3. The summed E-state index contributed by atoms with van der Waals surface area (Å²) in [5.74, 6) is 2.08. The first kappa shape index (κ1) is 11.3. The third kappa shape index (κ3) is 4.99. The van der Waals surface area contributed by atoms with Gasteiger partial charge in [0.25, 0.3) is 0 Å². The molecule has 0 aromatic rings. The van der Waals surface area contributed by atoms with E-state index in [1.807, 2.05) is 0 Å². The van der Waals surface area contributed by atoms with Gasteiger partial charge in [0.05, 0.1) is 14.2 Å². The lowest BCUT2D eigenvalue weighted by molar-refractivity contribution is 0.0924. The number of rotatable bonds is 0. The smallest absolute Gasteiger partial charge is 0.438 e. The van der Waals surface area contributed by atoms with Crippen molar-refractivity contribution in [3.8, 4) is 0 Å². The summed E-state index contributed by atoms with van der Waals surface area (Å²) in [4.78, 5) is 9.74. The maximum atomic E-state index is 9.74. The summed E-state index contributed by atoms with van der Waals surface area (Å²) in [7, 11) is 2.51. The molecule has 0 radical (unpaired) electrons. The Morgan fingerprint density at radius 2 is 1.42 bits per heavy atom. The Morgan fingerprint density at radius 3 is 1.42 bits per heavy atom. The Balaban J connectivity index is 0.000000202. The average Bonchev–Trinajstić information content (AvgIpc) is 2.02. The van der Waals surface area contributed by atoms with Crippen LogP contribution < -0.4 is 0 Å². The van der Waals surface area contributed by atoms with E-state index in [1.54, 1.807) is 0 Å². The predicted molar refractivity (Wildman–Crippen MR) is 47.0 cm³/mol. The molecular weight excluding hydrogens is 156 g/mol. The van der Waals surface area contributed by atoms with Gasteiger partial charge in [-0.1, -0.05) is 13.8 Å². The number of ether oxygens (including phenoxy) is 2. The topological polar surface area (TPSA) is 35.5 Å². The fraction of sp³-hybridized carbons (Fsp3) is 0.889. The van der Waals surface area contributed by atoms with E-state index in [0.29, 0.717) is 0 Å². The molecule has 1 rings (SSSR count). The van der Waals surface area contributed by atoms with Crippen LogP contribution in [0.5, 0.6) is 0 Å². The molecule has 72 valence electrons. The van der Waals surface area contributed by atoms with Gasteiger partial charge in [0.1, 0.15) is 0 Å². The molecule has 0 aliphatic heterocycles. The monoisotopic (exact) mass is 174 g/mol. The summed E-state index contributed by atoms with van der Waals surface area (Å²) in [5.41, 5.74) is 0. The highest BCUT2D eigenvalue weighted by Gasteiger charge is 2.19. The summed E-state index contributed by atoms with van der Waals surface area (Å²) >= 11 is 0. The van der Waals surface area contributed by atoms with E-state index in [0.717, 1.165) is 11.8 Å². The van der Waals surface area contributed by atoms with Crippen molar-refractivity contribution in [2.24, 2.45) is 11.8 Å². The Kier molecular flexibility index (Phi) is 5.51. The lowest BCUT2D eigenvalue weighted by atomic mass is 9.78. The minimum Gasteiger partial charge on any atom is -0.438 e. The minimum absolute atomic E-state index is 0.657. The van der Waals surface area contributed by atoms with Crippen LogP contribution >= 0.6 is 0 Å². The SMILES string of the molecule is CC1CC(C)C1.COC(=O)OC. The molecule has 0 unspecified atom stereocenters. The maximum Gasteiger partial charge on any atom is 0.507 e. The van der Waals surface area contributed by atoms with E-state index >= 15 is 0 Å². The van der Waals surface area contributed by atoms with Crippen LogP contribution in [0.4, 0.5) is 4.79 Å². The van der Waals surface area contributed by atoms with Gasteiger partial charge < -0.3 is 9.47 Å². The van der Waals surface area contributed by atoms with E-state index in [1.165, 1.54) is 27.1 Å². The zero-order valence-electron chi connectivity index (χ0n) is 8.29. The number of hydrogen-bond acceptors (Lipinski definition) is 3.